The molecule has 2 rings (SSSR count). The summed E-state index contributed by atoms with van der Waals surface area (Å²) in [6, 6.07) is 17.2. The van der Waals surface area contributed by atoms with Crippen LogP contribution in [0.25, 0.3) is 0 Å². The molecule has 0 saturated heterocycles. The molecule has 0 spiro atoms. The van der Waals surface area contributed by atoms with Crippen molar-refractivity contribution >= 4 is 29.9 Å². The standard InChI is InChI=1S/C22H31N3O3.HI/c1-4-23-22(24-13-14-27-19-10-6-5-7-11-19)25-16-21(26)18-9-8-12-20(15-18)28-17(2)3;/h5-12,15,17,21,26H,4,13-14,16H2,1-3H3,(H2,23,24,25);1H. The molecule has 0 aliphatic carbocycles. The highest BCUT2D eigenvalue weighted by Crippen LogP contribution is 2.20. The van der Waals surface area contributed by atoms with Gasteiger partial charge in [0.05, 0.1) is 25.3 Å². The monoisotopic (exact) mass is 513 g/mol. The molecule has 7 heteroatoms. The molecule has 0 aromatic heterocycles. The highest BCUT2D eigenvalue weighted by molar-refractivity contribution is 14.0. The molecular weight excluding hydrogens is 481 g/mol. The summed E-state index contributed by atoms with van der Waals surface area (Å²) in [4.78, 5) is 4.47. The Bertz CT molecular complexity index is 726. The van der Waals surface area contributed by atoms with Crippen LogP contribution in [-0.4, -0.2) is 43.4 Å². The second kappa shape index (κ2) is 14.1. The fourth-order valence-corrected chi connectivity index (χ4v) is 2.55. The molecule has 1 unspecified atom stereocenters. The zero-order valence-corrected chi connectivity index (χ0v) is 19.6. The topological polar surface area (TPSA) is 75.1 Å². The van der Waals surface area contributed by atoms with E-state index in [9.17, 15) is 5.11 Å². The van der Waals surface area contributed by atoms with Crippen molar-refractivity contribution in [2.75, 3.05) is 26.2 Å². The second-order valence-electron chi connectivity index (χ2n) is 6.56. The first kappa shape index (κ1) is 25.0. The quantitative estimate of drug-likeness (QED) is 0.195. The smallest absolute Gasteiger partial charge is 0.191 e. The van der Waals surface area contributed by atoms with E-state index in [1.165, 1.54) is 0 Å². The molecule has 3 N–H and O–H groups in total. The van der Waals surface area contributed by atoms with Crippen molar-refractivity contribution in [2.45, 2.75) is 33.0 Å². The van der Waals surface area contributed by atoms with Gasteiger partial charge in [-0.1, -0.05) is 30.3 Å². The molecule has 29 heavy (non-hydrogen) atoms. The number of hydrogen-bond donors (Lipinski definition) is 3. The van der Waals surface area contributed by atoms with Gasteiger partial charge in [-0.3, -0.25) is 4.99 Å². The van der Waals surface area contributed by atoms with Crippen LogP contribution in [0, 0.1) is 0 Å². The lowest BCUT2D eigenvalue weighted by Gasteiger charge is -2.15. The minimum absolute atomic E-state index is 0. The molecule has 0 radical (unpaired) electrons. The predicted molar refractivity (Wildman–Crippen MR) is 128 cm³/mol. The van der Waals surface area contributed by atoms with Crippen LogP contribution in [0.2, 0.25) is 0 Å². The van der Waals surface area contributed by atoms with Gasteiger partial charge in [0.2, 0.25) is 0 Å². The van der Waals surface area contributed by atoms with E-state index in [0.29, 0.717) is 19.1 Å². The minimum atomic E-state index is -0.702. The molecule has 160 valence electrons. The third-order valence-electron chi connectivity index (χ3n) is 3.79. The summed E-state index contributed by atoms with van der Waals surface area (Å²) in [5, 5.41) is 16.9. The van der Waals surface area contributed by atoms with Crippen LogP contribution in [0.1, 0.15) is 32.4 Å². The molecule has 0 aliphatic heterocycles. The Balaban J connectivity index is 0.00000420. The van der Waals surface area contributed by atoms with Crippen molar-refractivity contribution in [1.29, 1.82) is 0 Å². The lowest BCUT2D eigenvalue weighted by Crippen LogP contribution is -2.39. The summed E-state index contributed by atoms with van der Waals surface area (Å²) < 4.78 is 11.4. The number of aliphatic hydroxyl groups excluding tert-OH is 1. The molecule has 6 nitrogen and oxygen atoms in total. The zero-order chi connectivity index (χ0) is 20.2. The number of rotatable bonds is 10. The number of hydrogen-bond acceptors (Lipinski definition) is 4. The van der Waals surface area contributed by atoms with Crippen LogP contribution >= 0.6 is 24.0 Å². The average molecular weight is 513 g/mol. The third-order valence-corrected chi connectivity index (χ3v) is 3.79. The molecular formula is C22H32IN3O3. The Kier molecular flexibility index (Phi) is 12.1. The summed E-state index contributed by atoms with van der Waals surface area (Å²) >= 11 is 0. The lowest BCUT2D eigenvalue weighted by molar-refractivity contribution is 0.185. The van der Waals surface area contributed by atoms with Gasteiger partial charge in [-0.15, -0.1) is 24.0 Å². The van der Waals surface area contributed by atoms with Gasteiger partial charge in [-0.2, -0.15) is 0 Å². The van der Waals surface area contributed by atoms with E-state index in [1.807, 2.05) is 75.4 Å². The van der Waals surface area contributed by atoms with E-state index >= 15 is 0 Å². The van der Waals surface area contributed by atoms with Gasteiger partial charge in [-0.25, -0.2) is 0 Å². The fourth-order valence-electron chi connectivity index (χ4n) is 2.55. The maximum absolute atomic E-state index is 10.5. The first-order chi connectivity index (χ1) is 13.6. The van der Waals surface area contributed by atoms with E-state index in [-0.39, 0.29) is 36.6 Å². The summed E-state index contributed by atoms with van der Waals surface area (Å²) in [6.07, 6.45) is -0.611. The number of aliphatic hydroxyl groups is 1. The highest BCUT2D eigenvalue weighted by Gasteiger charge is 2.09. The largest absolute Gasteiger partial charge is 0.492 e. The molecule has 0 fully saturated rings. The number of nitrogens with zero attached hydrogens (tertiary/aromatic N) is 1. The Labute approximate surface area is 190 Å². The molecule has 0 amide bonds. The minimum Gasteiger partial charge on any atom is -0.492 e. The SMILES string of the molecule is CCNC(=NCC(O)c1cccc(OC(C)C)c1)NCCOc1ccccc1.I. The Morgan fingerprint density at radius 1 is 1.03 bits per heavy atom. The fraction of sp³-hybridized carbons (Fsp3) is 0.409. The number of nitrogens with one attached hydrogen (secondary N) is 2. The Hall–Kier alpha value is -2.00. The highest BCUT2D eigenvalue weighted by atomic mass is 127. The molecule has 0 bridgehead atoms. The van der Waals surface area contributed by atoms with Gasteiger partial charge in [-0.05, 0) is 50.6 Å². The predicted octanol–water partition coefficient (Wildman–Crippen LogP) is 3.76. The van der Waals surface area contributed by atoms with E-state index in [1.54, 1.807) is 0 Å². The van der Waals surface area contributed by atoms with Gasteiger partial charge in [0, 0.05) is 6.54 Å². The van der Waals surface area contributed by atoms with Crippen molar-refractivity contribution in [1.82, 2.24) is 10.6 Å². The molecule has 1 atom stereocenters. The van der Waals surface area contributed by atoms with E-state index in [2.05, 4.69) is 15.6 Å². The van der Waals surface area contributed by atoms with Crippen LogP contribution in [0.5, 0.6) is 11.5 Å². The first-order valence-electron chi connectivity index (χ1n) is 9.73. The number of para-hydroxylation sites is 1. The summed E-state index contributed by atoms with van der Waals surface area (Å²) in [7, 11) is 0. The number of ether oxygens (including phenoxy) is 2. The van der Waals surface area contributed by atoms with Gasteiger partial charge >= 0.3 is 0 Å². The first-order valence-corrected chi connectivity index (χ1v) is 9.73. The van der Waals surface area contributed by atoms with Gasteiger partial charge in [0.1, 0.15) is 18.1 Å². The molecule has 0 aliphatic rings. The van der Waals surface area contributed by atoms with Gasteiger partial charge in [0.15, 0.2) is 5.96 Å². The van der Waals surface area contributed by atoms with Crippen molar-refractivity contribution < 1.29 is 14.6 Å². The molecule has 0 heterocycles. The normalized spacial score (nSPS) is 12.1. The third kappa shape index (κ3) is 9.85. The summed E-state index contributed by atoms with van der Waals surface area (Å²) in [5.74, 6) is 2.23. The summed E-state index contributed by atoms with van der Waals surface area (Å²) in [5.41, 5.74) is 0.783. The second-order valence-corrected chi connectivity index (χ2v) is 6.56. The molecule has 2 aromatic carbocycles. The van der Waals surface area contributed by atoms with Crippen LogP contribution in [-0.2, 0) is 0 Å². The van der Waals surface area contributed by atoms with Crippen molar-refractivity contribution in [3.8, 4) is 11.5 Å². The van der Waals surface area contributed by atoms with Crippen molar-refractivity contribution in [2.24, 2.45) is 4.99 Å². The van der Waals surface area contributed by atoms with Crippen LogP contribution < -0.4 is 20.1 Å². The maximum atomic E-state index is 10.5. The summed E-state index contributed by atoms with van der Waals surface area (Å²) in [6.45, 7) is 8.06. The number of aliphatic imine (C=N–C) groups is 1. The zero-order valence-electron chi connectivity index (χ0n) is 17.3. The number of guanidine groups is 1. The number of benzene rings is 2. The van der Waals surface area contributed by atoms with E-state index in [0.717, 1.165) is 23.6 Å². The van der Waals surface area contributed by atoms with Crippen LogP contribution in [0.4, 0.5) is 0 Å². The number of halogens is 1. The van der Waals surface area contributed by atoms with Crippen LogP contribution in [0.15, 0.2) is 59.6 Å². The molecule has 0 saturated carbocycles. The molecule has 2 aromatic rings. The Morgan fingerprint density at radius 2 is 1.76 bits per heavy atom. The van der Waals surface area contributed by atoms with E-state index < -0.39 is 6.10 Å². The van der Waals surface area contributed by atoms with Crippen LogP contribution in [0.3, 0.4) is 0 Å². The lowest BCUT2D eigenvalue weighted by atomic mass is 10.1. The maximum Gasteiger partial charge on any atom is 0.191 e. The van der Waals surface area contributed by atoms with Crippen molar-refractivity contribution in [3.63, 3.8) is 0 Å². The Morgan fingerprint density at radius 3 is 2.45 bits per heavy atom. The average Bonchev–Trinajstić information content (AvgIpc) is 2.69. The van der Waals surface area contributed by atoms with E-state index in [4.69, 9.17) is 9.47 Å². The van der Waals surface area contributed by atoms with Gasteiger partial charge < -0.3 is 25.2 Å². The van der Waals surface area contributed by atoms with Gasteiger partial charge in [0.25, 0.3) is 0 Å². The van der Waals surface area contributed by atoms with Crippen molar-refractivity contribution in [3.05, 3.63) is 60.2 Å².